The normalized spacial score (nSPS) is 12.0. The summed E-state index contributed by atoms with van der Waals surface area (Å²) in [5, 5.41) is 6.41. The van der Waals surface area contributed by atoms with Crippen LogP contribution in [0.15, 0.2) is 82.3 Å². The molecule has 0 amide bonds. The maximum absolute atomic E-state index is 6.21. The summed E-state index contributed by atoms with van der Waals surface area (Å²) in [6, 6.07) is 24.1. The Bertz CT molecular complexity index is 1360. The average molecular weight is 380 g/mol. The molecule has 0 bridgehead atoms. The van der Waals surface area contributed by atoms with Crippen molar-refractivity contribution >= 4 is 28.0 Å². The lowest BCUT2D eigenvalue weighted by Gasteiger charge is -2.07. The van der Waals surface area contributed by atoms with E-state index in [9.17, 15) is 0 Å². The molecular weight excluding hydrogens is 360 g/mol. The molecular formula is C24H20N4O. The Morgan fingerprint density at radius 1 is 0.897 bits per heavy atom. The highest BCUT2D eigenvalue weighted by molar-refractivity contribution is 5.80. The van der Waals surface area contributed by atoms with Crippen molar-refractivity contribution < 1.29 is 4.42 Å². The molecule has 142 valence electrons. The molecule has 0 radical (unpaired) electrons. The van der Waals surface area contributed by atoms with E-state index in [1.165, 1.54) is 11.1 Å². The van der Waals surface area contributed by atoms with E-state index >= 15 is 0 Å². The summed E-state index contributed by atoms with van der Waals surface area (Å²) < 4.78 is 6.21. The number of rotatable bonds is 3. The first-order valence-electron chi connectivity index (χ1n) is 9.52. The highest BCUT2D eigenvalue weighted by atomic mass is 16.3. The summed E-state index contributed by atoms with van der Waals surface area (Å²) in [5.41, 5.74) is 9.13. The quantitative estimate of drug-likeness (QED) is 0.405. The van der Waals surface area contributed by atoms with E-state index in [1.54, 1.807) is 0 Å². The van der Waals surface area contributed by atoms with Gasteiger partial charge in [-0.1, -0.05) is 42.5 Å². The summed E-state index contributed by atoms with van der Waals surface area (Å²) in [4.78, 5) is 7.78. The van der Waals surface area contributed by atoms with Gasteiger partial charge in [-0.25, -0.2) is 10.4 Å². The molecule has 29 heavy (non-hydrogen) atoms. The number of aryl methyl sites for hydroxylation is 2. The number of benzene rings is 3. The van der Waals surface area contributed by atoms with E-state index < -0.39 is 0 Å². The van der Waals surface area contributed by atoms with E-state index in [2.05, 4.69) is 46.5 Å². The summed E-state index contributed by atoms with van der Waals surface area (Å²) in [7, 11) is 0. The van der Waals surface area contributed by atoms with Gasteiger partial charge in [0.25, 0.3) is 0 Å². The van der Waals surface area contributed by atoms with Crippen LogP contribution in [0.25, 0.3) is 33.3 Å². The van der Waals surface area contributed by atoms with Crippen molar-refractivity contribution in [2.24, 2.45) is 5.10 Å². The highest BCUT2D eigenvalue weighted by Gasteiger charge is 2.08. The molecule has 2 aromatic heterocycles. The minimum absolute atomic E-state index is 0.602. The molecule has 5 aromatic rings. The number of fused-ring (bicyclic) bond motifs is 2. The first-order chi connectivity index (χ1) is 14.2. The molecule has 5 heteroatoms. The monoisotopic (exact) mass is 380 g/mol. The SMILES string of the molecule is Cc1cc2oc(-c3ccccc3)cc(=NNc3nc4ccccc4[nH]3)c2cc1C. The molecule has 5 rings (SSSR count). The van der Waals surface area contributed by atoms with Crippen LogP contribution < -0.4 is 10.8 Å². The van der Waals surface area contributed by atoms with Gasteiger partial charge >= 0.3 is 0 Å². The van der Waals surface area contributed by atoms with Gasteiger partial charge in [0.15, 0.2) is 0 Å². The molecule has 0 unspecified atom stereocenters. The summed E-state index contributed by atoms with van der Waals surface area (Å²) in [6.07, 6.45) is 0. The minimum Gasteiger partial charge on any atom is -0.456 e. The van der Waals surface area contributed by atoms with Gasteiger partial charge in [-0.05, 0) is 49.2 Å². The zero-order chi connectivity index (χ0) is 19.8. The molecule has 3 aromatic carbocycles. The van der Waals surface area contributed by atoms with Crippen molar-refractivity contribution in [2.75, 3.05) is 5.43 Å². The largest absolute Gasteiger partial charge is 0.456 e. The number of hydrogen-bond acceptors (Lipinski definition) is 4. The van der Waals surface area contributed by atoms with Crippen LogP contribution in [0.5, 0.6) is 0 Å². The topological polar surface area (TPSA) is 66.2 Å². The lowest BCUT2D eigenvalue weighted by molar-refractivity contribution is 0.617. The van der Waals surface area contributed by atoms with Crippen molar-refractivity contribution in [3.63, 3.8) is 0 Å². The molecule has 0 aliphatic rings. The molecule has 0 aliphatic heterocycles. The summed E-state index contributed by atoms with van der Waals surface area (Å²) in [6.45, 7) is 4.18. The maximum atomic E-state index is 6.21. The Labute approximate surface area is 167 Å². The van der Waals surface area contributed by atoms with Gasteiger partial charge in [-0.2, -0.15) is 5.10 Å². The number of H-pyrrole nitrogens is 1. The molecule has 0 atom stereocenters. The van der Waals surface area contributed by atoms with Gasteiger partial charge in [0, 0.05) is 17.0 Å². The Hall–Kier alpha value is -3.86. The number of aromatic nitrogens is 2. The van der Waals surface area contributed by atoms with Crippen LogP contribution in [0.3, 0.4) is 0 Å². The van der Waals surface area contributed by atoms with Crippen molar-refractivity contribution in [1.82, 2.24) is 9.97 Å². The van der Waals surface area contributed by atoms with E-state index in [4.69, 9.17) is 4.42 Å². The third kappa shape index (κ3) is 3.27. The van der Waals surface area contributed by atoms with E-state index in [1.807, 2.05) is 60.7 Å². The van der Waals surface area contributed by atoms with Gasteiger partial charge in [-0.3, -0.25) is 0 Å². The lowest BCUT2D eigenvalue weighted by atomic mass is 10.1. The third-order valence-electron chi connectivity index (χ3n) is 5.09. The van der Waals surface area contributed by atoms with Crippen LogP contribution in [-0.2, 0) is 0 Å². The van der Waals surface area contributed by atoms with Gasteiger partial charge in [0.05, 0.1) is 16.4 Å². The number of nitrogens with zero attached hydrogens (tertiary/aromatic N) is 2. The number of para-hydroxylation sites is 2. The predicted molar refractivity (Wildman–Crippen MR) is 116 cm³/mol. The molecule has 0 aliphatic carbocycles. The third-order valence-corrected chi connectivity index (χ3v) is 5.09. The Morgan fingerprint density at radius 3 is 2.48 bits per heavy atom. The number of hydrogen-bond donors (Lipinski definition) is 2. The second-order valence-corrected chi connectivity index (χ2v) is 7.12. The number of imidazole rings is 1. The highest BCUT2D eigenvalue weighted by Crippen LogP contribution is 2.24. The number of nitrogens with one attached hydrogen (secondary N) is 2. The van der Waals surface area contributed by atoms with Crippen molar-refractivity contribution in [1.29, 1.82) is 0 Å². The van der Waals surface area contributed by atoms with Crippen LogP contribution >= 0.6 is 0 Å². The van der Waals surface area contributed by atoms with Crippen molar-refractivity contribution in [3.8, 4) is 11.3 Å². The fourth-order valence-corrected chi connectivity index (χ4v) is 3.38. The second kappa shape index (κ2) is 6.95. The second-order valence-electron chi connectivity index (χ2n) is 7.12. The molecule has 0 spiro atoms. The fraction of sp³-hybridized carbons (Fsp3) is 0.0833. The maximum Gasteiger partial charge on any atom is 0.222 e. The molecule has 0 saturated carbocycles. The van der Waals surface area contributed by atoms with Crippen molar-refractivity contribution in [3.05, 3.63) is 89.3 Å². The predicted octanol–water partition coefficient (Wildman–Crippen LogP) is 5.52. The van der Waals surface area contributed by atoms with E-state index in [0.717, 1.165) is 38.7 Å². The van der Waals surface area contributed by atoms with Gasteiger partial charge in [-0.15, -0.1) is 0 Å². The van der Waals surface area contributed by atoms with Crippen LogP contribution in [0, 0.1) is 13.8 Å². The van der Waals surface area contributed by atoms with E-state index in [-0.39, 0.29) is 0 Å². The smallest absolute Gasteiger partial charge is 0.222 e. The van der Waals surface area contributed by atoms with Crippen LogP contribution in [0.2, 0.25) is 0 Å². The molecule has 0 saturated heterocycles. The Balaban J connectivity index is 1.67. The van der Waals surface area contributed by atoms with Crippen molar-refractivity contribution in [2.45, 2.75) is 13.8 Å². The number of anilines is 1. The van der Waals surface area contributed by atoms with E-state index in [0.29, 0.717) is 5.95 Å². The van der Waals surface area contributed by atoms with Gasteiger partial charge in [0.1, 0.15) is 11.3 Å². The first kappa shape index (κ1) is 17.3. The molecule has 2 N–H and O–H groups in total. The fourth-order valence-electron chi connectivity index (χ4n) is 3.38. The average Bonchev–Trinajstić information content (AvgIpc) is 3.16. The van der Waals surface area contributed by atoms with Crippen LogP contribution in [0.1, 0.15) is 11.1 Å². The zero-order valence-corrected chi connectivity index (χ0v) is 16.2. The van der Waals surface area contributed by atoms with Gasteiger partial charge < -0.3 is 9.40 Å². The first-order valence-corrected chi connectivity index (χ1v) is 9.52. The molecule has 5 nitrogen and oxygen atoms in total. The minimum atomic E-state index is 0.602. The number of aromatic amines is 1. The van der Waals surface area contributed by atoms with Crippen LogP contribution in [-0.4, -0.2) is 9.97 Å². The van der Waals surface area contributed by atoms with Crippen LogP contribution in [0.4, 0.5) is 5.95 Å². The molecule has 2 heterocycles. The Kier molecular flexibility index (Phi) is 4.13. The Morgan fingerprint density at radius 2 is 1.66 bits per heavy atom. The van der Waals surface area contributed by atoms with Gasteiger partial charge in [0.2, 0.25) is 5.95 Å². The summed E-state index contributed by atoms with van der Waals surface area (Å²) in [5.74, 6) is 1.37. The zero-order valence-electron chi connectivity index (χ0n) is 16.2. The summed E-state index contributed by atoms with van der Waals surface area (Å²) >= 11 is 0. The standard InChI is InChI=1S/C24H20N4O/c1-15-12-18-21(27-28-24-25-19-10-6-7-11-20(19)26-24)14-22(17-8-4-3-5-9-17)29-23(18)13-16(15)2/h3-14H,1-2H3,(H2,25,26,28). The molecule has 0 fully saturated rings. The lowest BCUT2D eigenvalue weighted by Crippen LogP contribution is -2.08.